The molecule has 0 heterocycles. The molecule has 0 radical (unpaired) electrons. The number of halogens is 1. The maximum atomic E-state index is 11.8. The lowest BCUT2D eigenvalue weighted by Gasteiger charge is -2.08. The van der Waals surface area contributed by atoms with Crippen molar-refractivity contribution < 1.29 is 14.3 Å². The molecule has 2 rings (SSSR count). The van der Waals surface area contributed by atoms with Crippen molar-refractivity contribution in [3.63, 3.8) is 0 Å². The molecule has 0 aliphatic rings. The third kappa shape index (κ3) is 6.20. The molecule has 0 atom stereocenters. The Morgan fingerprint density at radius 2 is 1.78 bits per heavy atom. The molecule has 0 unspecified atom stereocenters. The lowest BCUT2D eigenvalue weighted by atomic mass is 10.1. The number of benzene rings is 2. The maximum absolute atomic E-state index is 11.8. The number of amides is 1. The van der Waals surface area contributed by atoms with Crippen LogP contribution >= 0.6 is 11.6 Å². The van der Waals surface area contributed by atoms with Crippen molar-refractivity contribution in [3.8, 4) is 11.5 Å². The van der Waals surface area contributed by atoms with Gasteiger partial charge in [0, 0.05) is 11.6 Å². The van der Waals surface area contributed by atoms with E-state index in [2.05, 4.69) is 5.32 Å². The Balaban J connectivity index is 1.68. The molecule has 0 fully saturated rings. The highest BCUT2D eigenvalue weighted by Gasteiger charge is 2.03. The Morgan fingerprint density at radius 1 is 1.09 bits per heavy atom. The smallest absolute Gasteiger partial charge is 0.257 e. The van der Waals surface area contributed by atoms with E-state index in [1.54, 1.807) is 12.1 Å². The molecule has 1 N–H and O–H groups in total. The minimum absolute atomic E-state index is 0.0104. The van der Waals surface area contributed by atoms with Gasteiger partial charge in [-0.05, 0) is 55.3 Å². The predicted octanol–water partition coefficient (Wildman–Crippen LogP) is 3.48. The zero-order valence-electron chi connectivity index (χ0n) is 13.0. The second-order valence-electron chi connectivity index (χ2n) is 4.92. The van der Waals surface area contributed by atoms with Gasteiger partial charge in [0.2, 0.25) is 0 Å². The van der Waals surface area contributed by atoms with E-state index in [9.17, 15) is 4.79 Å². The molecule has 0 saturated carbocycles. The minimum atomic E-state index is -0.152. The fourth-order valence-corrected chi connectivity index (χ4v) is 2.25. The Bertz CT molecular complexity index is 628. The first kappa shape index (κ1) is 17.2. The van der Waals surface area contributed by atoms with Crippen LogP contribution in [-0.2, 0) is 11.2 Å². The zero-order valence-corrected chi connectivity index (χ0v) is 13.8. The lowest BCUT2D eigenvalue weighted by molar-refractivity contribution is -0.123. The molecule has 2 aromatic rings. The summed E-state index contributed by atoms with van der Waals surface area (Å²) in [7, 11) is 0. The van der Waals surface area contributed by atoms with Crippen molar-refractivity contribution >= 4 is 17.5 Å². The summed E-state index contributed by atoms with van der Waals surface area (Å²) in [5.41, 5.74) is 1.09. The van der Waals surface area contributed by atoms with E-state index in [1.807, 2.05) is 43.3 Å². The topological polar surface area (TPSA) is 47.6 Å². The molecule has 23 heavy (non-hydrogen) atoms. The van der Waals surface area contributed by atoms with Crippen molar-refractivity contribution in [2.45, 2.75) is 13.3 Å². The Labute approximate surface area is 141 Å². The maximum Gasteiger partial charge on any atom is 0.257 e. The van der Waals surface area contributed by atoms with Gasteiger partial charge >= 0.3 is 0 Å². The summed E-state index contributed by atoms with van der Waals surface area (Å²) in [5.74, 6) is 1.27. The van der Waals surface area contributed by atoms with E-state index in [0.29, 0.717) is 23.9 Å². The van der Waals surface area contributed by atoms with Gasteiger partial charge in [-0.25, -0.2) is 0 Å². The number of ether oxygens (including phenoxy) is 2. The second kappa shape index (κ2) is 9.06. The molecule has 5 heteroatoms. The highest BCUT2D eigenvalue weighted by atomic mass is 35.5. The molecule has 2 aromatic carbocycles. The van der Waals surface area contributed by atoms with Gasteiger partial charge in [0.15, 0.2) is 6.61 Å². The molecule has 122 valence electrons. The first-order chi connectivity index (χ1) is 11.2. The normalized spacial score (nSPS) is 10.2. The molecule has 0 aliphatic carbocycles. The van der Waals surface area contributed by atoms with Crippen molar-refractivity contribution in [1.82, 2.24) is 5.32 Å². The summed E-state index contributed by atoms with van der Waals surface area (Å²) in [4.78, 5) is 11.8. The number of rotatable bonds is 8. The number of carbonyl (C=O) groups excluding carboxylic acids is 1. The SMILES string of the molecule is CCOc1ccc(OCC(=O)NCCc2cccc(Cl)c2)cc1. The summed E-state index contributed by atoms with van der Waals surface area (Å²) in [6, 6.07) is 14.8. The zero-order chi connectivity index (χ0) is 16.5. The van der Waals surface area contributed by atoms with Crippen molar-refractivity contribution in [2.75, 3.05) is 19.8 Å². The van der Waals surface area contributed by atoms with Crippen LogP contribution in [0.5, 0.6) is 11.5 Å². The van der Waals surface area contributed by atoms with Crippen LogP contribution < -0.4 is 14.8 Å². The van der Waals surface area contributed by atoms with E-state index in [4.69, 9.17) is 21.1 Å². The quantitative estimate of drug-likeness (QED) is 0.804. The monoisotopic (exact) mass is 333 g/mol. The fraction of sp³-hybridized carbons (Fsp3) is 0.278. The van der Waals surface area contributed by atoms with Crippen LogP contribution in [0.3, 0.4) is 0 Å². The van der Waals surface area contributed by atoms with E-state index in [1.165, 1.54) is 0 Å². The van der Waals surface area contributed by atoms with Gasteiger partial charge in [0.05, 0.1) is 6.61 Å². The highest BCUT2D eigenvalue weighted by molar-refractivity contribution is 6.30. The van der Waals surface area contributed by atoms with Gasteiger partial charge in [0.25, 0.3) is 5.91 Å². The largest absolute Gasteiger partial charge is 0.494 e. The third-order valence-corrected chi connectivity index (χ3v) is 3.36. The standard InChI is InChI=1S/C18H20ClNO3/c1-2-22-16-6-8-17(9-7-16)23-13-18(21)20-11-10-14-4-3-5-15(19)12-14/h3-9,12H,2,10-11,13H2,1H3,(H,20,21). The van der Waals surface area contributed by atoms with Gasteiger partial charge in [-0.1, -0.05) is 23.7 Å². The summed E-state index contributed by atoms with van der Waals surface area (Å²) in [5, 5.41) is 3.52. The number of nitrogens with one attached hydrogen (secondary N) is 1. The number of hydrogen-bond acceptors (Lipinski definition) is 3. The first-order valence-electron chi connectivity index (χ1n) is 7.54. The molecule has 4 nitrogen and oxygen atoms in total. The number of hydrogen-bond donors (Lipinski definition) is 1. The lowest BCUT2D eigenvalue weighted by Crippen LogP contribution is -2.30. The van der Waals surface area contributed by atoms with E-state index in [0.717, 1.165) is 17.7 Å². The molecule has 0 aliphatic heterocycles. The first-order valence-corrected chi connectivity index (χ1v) is 7.92. The van der Waals surface area contributed by atoms with Crippen LogP contribution in [0.15, 0.2) is 48.5 Å². The average molecular weight is 334 g/mol. The molecule has 1 amide bonds. The minimum Gasteiger partial charge on any atom is -0.494 e. The van der Waals surface area contributed by atoms with Gasteiger partial charge in [-0.15, -0.1) is 0 Å². The van der Waals surface area contributed by atoms with Crippen molar-refractivity contribution in [2.24, 2.45) is 0 Å². The summed E-state index contributed by atoms with van der Waals surface area (Å²) < 4.78 is 10.8. The van der Waals surface area contributed by atoms with E-state index in [-0.39, 0.29) is 12.5 Å². The molecule has 0 bridgehead atoms. The molecule has 0 saturated heterocycles. The van der Waals surface area contributed by atoms with Crippen molar-refractivity contribution in [3.05, 3.63) is 59.1 Å². The van der Waals surface area contributed by atoms with Gasteiger partial charge in [-0.2, -0.15) is 0 Å². The van der Waals surface area contributed by atoms with Crippen LogP contribution in [-0.4, -0.2) is 25.7 Å². The van der Waals surface area contributed by atoms with Gasteiger partial charge < -0.3 is 14.8 Å². The molecular formula is C18H20ClNO3. The van der Waals surface area contributed by atoms with Crippen molar-refractivity contribution in [1.29, 1.82) is 0 Å². The van der Waals surface area contributed by atoms with Gasteiger partial charge in [-0.3, -0.25) is 4.79 Å². The number of carbonyl (C=O) groups is 1. The highest BCUT2D eigenvalue weighted by Crippen LogP contribution is 2.17. The molecule has 0 aromatic heterocycles. The van der Waals surface area contributed by atoms with Crippen LogP contribution in [0.25, 0.3) is 0 Å². The summed E-state index contributed by atoms with van der Waals surface area (Å²) in [6.45, 7) is 3.09. The van der Waals surface area contributed by atoms with Crippen LogP contribution in [0.4, 0.5) is 0 Å². The Hall–Kier alpha value is -2.20. The fourth-order valence-electron chi connectivity index (χ4n) is 2.04. The van der Waals surface area contributed by atoms with Crippen LogP contribution in [0.2, 0.25) is 5.02 Å². The van der Waals surface area contributed by atoms with Crippen LogP contribution in [0, 0.1) is 0 Å². The van der Waals surface area contributed by atoms with Crippen LogP contribution in [0.1, 0.15) is 12.5 Å². The molecular weight excluding hydrogens is 314 g/mol. The Morgan fingerprint density at radius 3 is 2.43 bits per heavy atom. The van der Waals surface area contributed by atoms with E-state index < -0.39 is 0 Å². The summed E-state index contributed by atoms with van der Waals surface area (Å²) in [6.07, 6.45) is 0.732. The van der Waals surface area contributed by atoms with Gasteiger partial charge in [0.1, 0.15) is 11.5 Å². The van der Waals surface area contributed by atoms with E-state index >= 15 is 0 Å². The third-order valence-electron chi connectivity index (χ3n) is 3.13. The second-order valence-corrected chi connectivity index (χ2v) is 5.36. The predicted molar refractivity (Wildman–Crippen MR) is 91.3 cm³/mol. The summed E-state index contributed by atoms with van der Waals surface area (Å²) >= 11 is 5.92. The Kier molecular flexibility index (Phi) is 6.76. The molecule has 0 spiro atoms. The average Bonchev–Trinajstić information content (AvgIpc) is 2.55.